The monoisotopic (exact) mass is 546 g/mol. The van der Waals surface area contributed by atoms with Gasteiger partial charge in [0.2, 0.25) is 5.91 Å². The lowest BCUT2D eigenvalue weighted by atomic mass is 10.1. The molecule has 1 aliphatic rings. The number of hydrogen-bond donors (Lipinski definition) is 0. The van der Waals surface area contributed by atoms with E-state index in [2.05, 4.69) is 11.9 Å². The number of sulfonamides is 1. The number of carbonyl (C=O) groups is 1. The van der Waals surface area contributed by atoms with Crippen molar-refractivity contribution >= 4 is 65.6 Å². The number of benzene rings is 1. The average molecular weight is 547 g/mol. The molecule has 0 radical (unpaired) electrons. The van der Waals surface area contributed by atoms with Crippen LogP contribution in [0.15, 0.2) is 59.1 Å². The van der Waals surface area contributed by atoms with Gasteiger partial charge in [0.25, 0.3) is 10.0 Å². The van der Waals surface area contributed by atoms with Gasteiger partial charge in [-0.15, -0.1) is 11.3 Å². The van der Waals surface area contributed by atoms with Gasteiger partial charge in [-0.2, -0.15) is 4.31 Å². The van der Waals surface area contributed by atoms with Crippen LogP contribution in [0.2, 0.25) is 4.34 Å². The molecule has 7 nitrogen and oxygen atoms in total. The lowest BCUT2D eigenvalue weighted by Gasteiger charge is -2.28. The number of nitrogens with zero attached hydrogens (tertiary/aromatic N) is 4. The maximum absolute atomic E-state index is 14.0. The second-order valence-corrected chi connectivity index (χ2v) is 13.1. The zero-order valence-electron chi connectivity index (χ0n) is 18.9. The van der Waals surface area contributed by atoms with E-state index in [-0.39, 0.29) is 23.2 Å². The Morgan fingerprint density at radius 1 is 1.17 bits per heavy atom. The van der Waals surface area contributed by atoms with Gasteiger partial charge in [-0.3, -0.25) is 14.7 Å². The Morgan fingerprint density at radius 3 is 2.69 bits per heavy atom. The van der Waals surface area contributed by atoms with Gasteiger partial charge < -0.3 is 0 Å². The number of halogens is 1. The van der Waals surface area contributed by atoms with E-state index in [9.17, 15) is 13.2 Å². The Kier molecular flexibility index (Phi) is 6.91. The molecule has 0 N–H and O–H groups in total. The second-order valence-electron chi connectivity index (χ2n) is 8.23. The summed E-state index contributed by atoms with van der Waals surface area (Å²) in [5.41, 5.74) is 2.88. The van der Waals surface area contributed by atoms with Gasteiger partial charge in [-0.1, -0.05) is 42.0 Å². The van der Waals surface area contributed by atoms with Crippen LogP contribution in [0, 0.1) is 0 Å². The number of aryl methyl sites for hydroxylation is 1. The molecule has 0 aliphatic carbocycles. The van der Waals surface area contributed by atoms with Crippen molar-refractivity contribution in [3.63, 3.8) is 0 Å². The minimum atomic E-state index is -3.84. The van der Waals surface area contributed by atoms with Crippen molar-refractivity contribution in [1.29, 1.82) is 0 Å². The molecular weight excluding hydrogens is 524 g/mol. The van der Waals surface area contributed by atoms with Crippen LogP contribution >= 0.6 is 34.3 Å². The predicted molar refractivity (Wildman–Crippen MR) is 141 cm³/mol. The number of anilines is 1. The Hall–Kier alpha value is -2.37. The summed E-state index contributed by atoms with van der Waals surface area (Å²) in [4.78, 5) is 24.6. The molecule has 11 heteroatoms. The van der Waals surface area contributed by atoms with Gasteiger partial charge in [0.15, 0.2) is 5.13 Å². The van der Waals surface area contributed by atoms with E-state index in [1.54, 1.807) is 23.4 Å². The number of hydrogen-bond acceptors (Lipinski definition) is 7. The largest absolute Gasteiger partial charge is 0.282 e. The fourth-order valence-electron chi connectivity index (χ4n) is 4.31. The second kappa shape index (κ2) is 9.94. The smallest absolute Gasteiger partial charge is 0.253 e. The SMILES string of the molecule is CCc1cccc2sc(N(Cc3ccncc3)C(=O)C3CCCN3S(=O)(=O)c3ccc(Cl)s3)nc12. The Labute approximate surface area is 217 Å². The highest BCUT2D eigenvalue weighted by Crippen LogP contribution is 2.36. The van der Waals surface area contributed by atoms with Gasteiger partial charge in [0, 0.05) is 18.9 Å². The molecule has 0 spiro atoms. The first-order valence-electron chi connectivity index (χ1n) is 11.2. The first-order valence-corrected chi connectivity index (χ1v) is 14.7. The first kappa shape index (κ1) is 24.3. The highest BCUT2D eigenvalue weighted by Gasteiger charge is 2.42. The highest BCUT2D eigenvalue weighted by molar-refractivity contribution is 7.91. The molecule has 1 unspecified atom stereocenters. The third-order valence-corrected chi connectivity index (χ3v) is 10.7. The van der Waals surface area contributed by atoms with E-state index in [4.69, 9.17) is 16.6 Å². The minimum Gasteiger partial charge on any atom is -0.282 e. The van der Waals surface area contributed by atoms with Crippen molar-refractivity contribution in [3.05, 3.63) is 70.3 Å². The maximum Gasteiger partial charge on any atom is 0.253 e. The summed E-state index contributed by atoms with van der Waals surface area (Å²) in [7, 11) is -3.84. The van der Waals surface area contributed by atoms with Gasteiger partial charge in [-0.05, 0) is 60.7 Å². The van der Waals surface area contributed by atoms with Crippen molar-refractivity contribution < 1.29 is 13.2 Å². The molecule has 1 amide bonds. The lowest BCUT2D eigenvalue weighted by molar-refractivity contribution is -0.121. The summed E-state index contributed by atoms with van der Waals surface area (Å²) in [6.45, 7) is 2.64. The van der Waals surface area contributed by atoms with Crippen LogP contribution < -0.4 is 4.90 Å². The van der Waals surface area contributed by atoms with Crippen LogP contribution in [0.25, 0.3) is 10.2 Å². The molecule has 1 atom stereocenters. The van der Waals surface area contributed by atoms with E-state index in [0.717, 1.165) is 39.1 Å². The summed E-state index contributed by atoms with van der Waals surface area (Å²) in [5, 5.41) is 0.561. The fourth-order valence-corrected chi connectivity index (χ4v) is 8.59. The zero-order chi connectivity index (χ0) is 24.6. The molecule has 1 aromatic carbocycles. The number of rotatable bonds is 7. The van der Waals surface area contributed by atoms with E-state index < -0.39 is 16.1 Å². The number of pyridine rings is 1. The van der Waals surface area contributed by atoms with Crippen molar-refractivity contribution in [2.45, 2.75) is 43.0 Å². The topological polar surface area (TPSA) is 83.5 Å². The third kappa shape index (κ3) is 4.73. The zero-order valence-corrected chi connectivity index (χ0v) is 22.1. The summed E-state index contributed by atoms with van der Waals surface area (Å²) in [5.74, 6) is -0.275. The standard InChI is InChI=1S/C24H23ClN4O3S3/c1-2-17-5-3-7-19-22(17)27-24(33-19)28(15-16-10-12-26-13-11-16)23(30)18-6-4-14-29(18)35(31,32)21-9-8-20(25)34-21/h3,5,7-13,18H,2,4,6,14-15H2,1H3. The number of para-hydroxylation sites is 1. The Bertz CT molecular complexity index is 1470. The number of thiazole rings is 1. The molecule has 35 heavy (non-hydrogen) atoms. The predicted octanol–water partition coefficient (Wildman–Crippen LogP) is 5.36. The normalized spacial score (nSPS) is 16.7. The van der Waals surface area contributed by atoms with Crippen LogP contribution in [-0.2, 0) is 27.8 Å². The van der Waals surface area contributed by atoms with Crippen LogP contribution in [0.5, 0.6) is 0 Å². The summed E-state index contributed by atoms with van der Waals surface area (Å²) >= 11 is 8.45. The maximum atomic E-state index is 14.0. The quantitative estimate of drug-likeness (QED) is 0.312. The number of carbonyl (C=O) groups excluding carboxylic acids is 1. The number of fused-ring (bicyclic) bond motifs is 1. The van der Waals surface area contributed by atoms with Crippen molar-refractivity contribution in [1.82, 2.24) is 14.3 Å². The fraction of sp³-hybridized carbons (Fsp3) is 0.292. The molecule has 0 saturated carbocycles. The summed E-state index contributed by atoms with van der Waals surface area (Å²) in [6, 6.07) is 12.0. The van der Waals surface area contributed by atoms with E-state index in [0.29, 0.717) is 22.3 Å². The summed E-state index contributed by atoms with van der Waals surface area (Å²) in [6.07, 6.45) is 5.25. The van der Waals surface area contributed by atoms with Crippen LogP contribution in [-0.4, -0.2) is 41.2 Å². The lowest BCUT2D eigenvalue weighted by Crippen LogP contribution is -2.47. The first-order chi connectivity index (χ1) is 16.9. The van der Waals surface area contributed by atoms with E-state index in [1.807, 2.05) is 30.3 Å². The Balaban J connectivity index is 1.54. The number of amides is 1. The van der Waals surface area contributed by atoms with Gasteiger partial charge in [0.1, 0.15) is 10.3 Å². The molecule has 1 aliphatic heterocycles. The molecule has 5 rings (SSSR count). The van der Waals surface area contributed by atoms with Crippen molar-refractivity contribution in [2.24, 2.45) is 0 Å². The highest BCUT2D eigenvalue weighted by atomic mass is 35.5. The molecule has 4 heterocycles. The van der Waals surface area contributed by atoms with Gasteiger partial charge >= 0.3 is 0 Å². The van der Waals surface area contributed by atoms with Crippen molar-refractivity contribution in [2.75, 3.05) is 11.4 Å². The average Bonchev–Trinajstić information content (AvgIpc) is 3.62. The molecular formula is C24H23ClN4O3S3. The number of thiophene rings is 1. The summed E-state index contributed by atoms with van der Waals surface area (Å²) < 4.78 is 29.6. The molecule has 1 fully saturated rings. The minimum absolute atomic E-state index is 0.149. The van der Waals surface area contributed by atoms with Crippen LogP contribution in [0.3, 0.4) is 0 Å². The molecule has 4 aromatic rings. The Morgan fingerprint density at radius 2 is 1.97 bits per heavy atom. The van der Waals surface area contributed by atoms with E-state index >= 15 is 0 Å². The molecule has 1 saturated heterocycles. The van der Waals surface area contributed by atoms with Crippen molar-refractivity contribution in [3.8, 4) is 0 Å². The molecule has 3 aromatic heterocycles. The third-order valence-electron chi connectivity index (χ3n) is 6.06. The molecule has 182 valence electrons. The number of aromatic nitrogens is 2. The van der Waals surface area contributed by atoms with E-state index in [1.165, 1.54) is 21.7 Å². The van der Waals surface area contributed by atoms with Gasteiger partial charge in [0.05, 0.1) is 21.1 Å². The van der Waals surface area contributed by atoms with Crippen LogP contribution in [0.1, 0.15) is 30.9 Å². The van der Waals surface area contributed by atoms with Crippen LogP contribution in [0.4, 0.5) is 5.13 Å². The molecule has 0 bridgehead atoms. The van der Waals surface area contributed by atoms with Gasteiger partial charge in [-0.25, -0.2) is 13.4 Å².